The van der Waals surface area contributed by atoms with Gasteiger partial charge in [0.2, 0.25) is 0 Å². The second-order valence-corrected chi connectivity index (χ2v) is 4.62. The quantitative estimate of drug-likeness (QED) is 0.809. The van der Waals surface area contributed by atoms with E-state index in [1.807, 2.05) is 0 Å². The first kappa shape index (κ1) is 12.3. The second kappa shape index (κ2) is 4.84. The van der Waals surface area contributed by atoms with Crippen molar-refractivity contribution in [3.05, 3.63) is 23.0 Å². The Bertz CT molecular complexity index is 322. The topological polar surface area (TPSA) is 25.2 Å². The normalized spacial score (nSPS) is 13.5. The molecule has 0 amide bonds. The number of hydrogen-bond acceptors (Lipinski definition) is 1. The average Bonchev–Trinajstić information content (AvgIpc) is 2.44. The van der Waals surface area contributed by atoms with Crippen LogP contribution in [0, 0.1) is 13.8 Å². The summed E-state index contributed by atoms with van der Waals surface area (Å²) in [6.45, 7) is 11.1. The number of nitrogens with zero attached hydrogens (tertiary/aromatic N) is 1. The van der Waals surface area contributed by atoms with Crippen molar-refractivity contribution >= 4 is 0 Å². The number of aliphatic hydroxyl groups excluding tert-OH is 1. The van der Waals surface area contributed by atoms with E-state index in [0.717, 1.165) is 6.42 Å². The second-order valence-electron chi connectivity index (χ2n) is 4.62. The van der Waals surface area contributed by atoms with Gasteiger partial charge in [-0.3, -0.25) is 0 Å². The molecule has 1 N–H and O–H groups in total. The van der Waals surface area contributed by atoms with Gasteiger partial charge in [0.25, 0.3) is 0 Å². The Morgan fingerprint density at radius 3 is 2.27 bits per heavy atom. The van der Waals surface area contributed by atoms with Crippen molar-refractivity contribution in [1.29, 1.82) is 0 Å². The van der Waals surface area contributed by atoms with E-state index in [4.69, 9.17) is 0 Å². The molecule has 2 heteroatoms. The van der Waals surface area contributed by atoms with E-state index in [1.54, 1.807) is 0 Å². The highest BCUT2D eigenvalue weighted by molar-refractivity contribution is 5.33. The summed E-state index contributed by atoms with van der Waals surface area (Å²) >= 11 is 0. The van der Waals surface area contributed by atoms with E-state index in [0.29, 0.717) is 5.92 Å². The molecule has 86 valence electrons. The molecule has 0 saturated carbocycles. The highest BCUT2D eigenvalue weighted by Gasteiger charge is 2.16. The van der Waals surface area contributed by atoms with Crippen LogP contribution in [0.5, 0.6) is 0 Å². The third-order valence-electron chi connectivity index (χ3n) is 3.19. The highest BCUT2D eigenvalue weighted by atomic mass is 16.3. The molecule has 1 atom stereocenters. The van der Waals surface area contributed by atoms with Crippen LogP contribution < -0.4 is 0 Å². The van der Waals surface area contributed by atoms with Crippen LogP contribution in [0.3, 0.4) is 0 Å². The van der Waals surface area contributed by atoms with Gasteiger partial charge in [0.15, 0.2) is 0 Å². The zero-order valence-corrected chi connectivity index (χ0v) is 10.5. The molecule has 1 heterocycles. The van der Waals surface area contributed by atoms with Crippen molar-refractivity contribution < 1.29 is 5.11 Å². The molecule has 0 radical (unpaired) electrons. The molecule has 0 aliphatic carbocycles. The molecule has 0 fully saturated rings. The van der Waals surface area contributed by atoms with Gasteiger partial charge in [-0.15, -0.1) is 0 Å². The van der Waals surface area contributed by atoms with E-state index in [9.17, 15) is 5.11 Å². The lowest BCUT2D eigenvalue weighted by molar-refractivity contribution is 0.223. The van der Waals surface area contributed by atoms with Crippen molar-refractivity contribution in [2.75, 3.05) is 6.61 Å². The molecule has 0 aromatic carbocycles. The van der Waals surface area contributed by atoms with E-state index in [-0.39, 0.29) is 12.6 Å². The minimum absolute atomic E-state index is 0.225. The summed E-state index contributed by atoms with van der Waals surface area (Å²) in [5.74, 6) is 0.558. The van der Waals surface area contributed by atoms with E-state index in [2.05, 4.69) is 45.4 Å². The lowest BCUT2D eigenvalue weighted by Gasteiger charge is -2.17. The van der Waals surface area contributed by atoms with Gasteiger partial charge in [0, 0.05) is 11.9 Å². The third kappa shape index (κ3) is 2.25. The predicted molar refractivity (Wildman–Crippen MR) is 64.4 cm³/mol. The molecule has 1 aromatic rings. The van der Waals surface area contributed by atoms with Gasteiger partial charge in [0.1, 0.15) is 0 Å². The summed E-state index contributed by atoms with van der Waals surface area (Å²) in [4.78, 5) is 0. The minimum Gasteiger partial charge on any atom is -0.394 e. The molecule has 0 bridgehead atoms. The lowest BCUT2D eigenvalue weighted by atomic mass is 10.0. The zero-order valence-electron chi connectivity index (χ0n) is 10.5. The summed E-state index contributed by atoms with van der Waals surface area (Å²) in [5, 5.41) is 9.32. The Balaban J connectivity index is 3.16. The fourth-order valence-corrected chi connectivity index (χ4v) is 2.47. The van der Waals surface area contributed by atoms with Crippen LogP contribution in [-0.4, -0.2) is 16.3 Å². The molecule has 1 aromatic heterocycles. The summed E-state index contributed by atoms with van der Waals surface area (Å²) in [5.41, 5.74) is 4.08. The van der Waals surface area contributed by atoms with Crippen LogP contribution in [0.25, 0.3) is 0 Å². The van der Waals surface area contributed by atoms with Crippen LogP contribution in [-0.2, 0) is 0 Å². The fourth-order valence-electron chi connectivity index (χ4n) is 2.47. The molecule has 0 saturated heterocycles. The summed E-state index contributed by atoms with van der Waals surface area (Å²) in [7, 11) is 0. The van der Waals surface area contributed by atoms with Gasteiger partial charge in [0.05, 0.1) is 12.6 Å². The van der Waals surface area contributed by atoms with Crippen molar-refractivity contribution in [2.45, 2.75) is 53.0 Å². The largest absolute Gasteiger partial charge is 0.394 e. The molecule has 0 unspecified atom stereocenters. The zero-order chi connectivity index (χ0) is 11.6. The summed E-state index contributed by atoms with van der Waals surface area (Å²) in [6, 6.07) is 0.233. The number of aliphatic hydroxyl groups is 1. The van der Waals surface area contributed by atoms with E-state index < -0.39 is 0 Å². The lowest BCUT2D eigenvalue weighted by Crippen LogP contribution is -2.13. The Labute approximate surface area is 92.9 Å². The molecule has 0 aliphatic heterocycles. The van der Waals surface area contributed by atoms with Crippen molar-refractivity contribution in [3.8, 4) is 0 Å². The van der Waals surface area contributed by atoms with Crippen LogP contribution >= 0.6 is 0 Å². The van der Waals surface area contributed by atoms with Gasteiger partial charge in [-0.05, 0) is 37.3 Å². The maximum Gasteiger partial charge on any atom is 0.0638 e. The van der Waals surface area contributed by atoms with E-state index >= 15 is 0 Å². The van der Waals surface area contributed by atoms with Crippen LogP contribution in [0.1, 0.15) is 56.0 Å². The first-order valence-corrected chi connectivity index (χ1v) is 5.81. The number of hydrogen-bond donors (Lipinski definition) is 1. The first-order chi connectivity index (χ1) is 7.02. The molecule has 0 spiro atoms. The highest BCUT2D eigenvalue weighted by Crippen LogP contribution is 2.27. The maximum atomic E-state index is 9.32. The third-order valence-corrected chi connectivity index (χ3v) is 3.19. The van der Waals surface area contributed by atoms with E-state index in [1.165, 1.54) is 16.8 Å². The molecule has 15 heavy (non-hydrogen) atoms. The Morgan fingerprint density at radius 2 is 1.93 bits per heavy atom. The maximum absolute atomic E-state index is 9.32. The first-order valence-electron chi connectivity index (χ1n) is 5.81. The van der Waals surface area contributed by atoms with Crippen molar-refractivity contribution in [1.82, 2.24) is 4.57 Å². The smallest absolute Gasteiger partial charge is 0.0638 e. The molecular weight excluding hydrogens is 186 g/mol. The van der Waals surface area contributed by atoms with Gasteiger partial charge in [-0.25, -0.2) is 0 Å². The van der Waals surface area contributed by atoms with Gasteiger partial charge in [-0.2, -0.15) is 0 Å². The summed E-state index contributed by atoms with van der Waals surface area (Å²) in [6.07, 6.45) is 3.15. The Hall–Kier alpha value is -0.760. The number of aromatic nitrogens is 1. The minimum atomic E-state index is 0.225. The Morgan fingerprint density at radius 1 is 1.33 bits per heavy atom. The number of aryl methyl sites for hydroxylation is 1. The van der Waals surface area contributed by atoms with Crippen molar-refractivity contribution in [3.63, 3.8) is 0 Å². The summed E-state index contributed by atoms with van der Waals surface area (Å²) < 4.78 is 2.23. The average molecular weight is 209 g/mol. The van der Waals surface area contributed by atoms with Gasteiger partial charge >= 0.3 is 0 Å². The van der Waals surface area contributed by atoms with Crippen LogP contribution in [0.15, 0.2) is 6.20 Å². The standard InChI is InChI=1S/C13H23NO/c1-6-12(8-15)14-7-10(4)13(9(2)3)11(14)5/h7,9,12,15H,6,8H2,1-5H3/t12-/m1/s1. The SMILES string of the molecule is CC[C@H](CO)n1cc(C)c(C(C)C)c1C. The molecular formula is C13H23NO. The Kier molecular flexibility index (Phi) is 3.97. The number of rotatable bonds is 4. The monoisotopic (exact) mass is 209 g/mol. The fraction of sp³-hybridized carbons (Fsp3) is 0.692. The molecule has 1 rings (SSSR count). The predicted octanol–water partition coefficient (Wildman–Crippen LogP) is 3.17. The molecule has 2 nitrogen and oxygen atoms in total. The van der Waals surface area contributed by atoms with Crippen LogP contribution in [0.2, 0.25) is 0 Å². The van der Waals surface area contributed by atoms with Crippen LogP contribution in [0.4, 0.5) is 0 Å². The van der Waals surface area contributed by atoms with Gasteiger partial charge in [-0.1, -0.05) is 20.8 Å². The van der Waals surface area contributed by atoms with Gasteiger partial charge < -0.3 is 9.67 Å². The molecule has 0 aliphatic rings. The van der Waals surface area contributed by atoms with Crippen molar-refractivity contribution in [2.24, 2.45) is 0 Å².